The summed E-state index contributed by atoms with van der Waals surface area (Å²) >= 11 is 0. The number of halogens is 5. The lowest BCUT2D eigenvalue weighted by atomic mass is 10.1. The highest BCUT2D eigenvalue weighted by Crippen LogP contribution is 2.31. The number of anilines is 1. The Labute approximate surface area is 104 Å². The number of pyridine rings is 1. The summed E-state index contributed by atoms with van der Waals surface area (Å²) in [6.45, 7) is 0. The summed E-state index contributed by atoms with van der Waals surface area (Å²) < 4.78 is 63.6. The van der Waals surface area contributed by atoms with Crippen LogP contribution in [0.15, 0.2) is 30.5 Å². The number of nitrogen functional groups attached to an aromatic ring is 1. The Morgan fingerprint density at radius 1 is 1.00 bits per heavy atom. The zero-order valence-electron chi connectivity index (χ0n) is 9.30. The Morgan fingerprint density at radius 2 is 1.68 bits per heavy atom. The zero-order valence-corrected chi connectivity index (χ0v) is 9.30. The van der Waals surface area contributed by atoms with Gasteiger partial charge in [0.05, 0.1) is 11.3 Å². The van der Waals surface area contributed by atoms with Crippen molar-refractivity contribution in [3.05, 3.63) is 47.7 Å². The molecule has 0 radical (unpaired) electrons. The van der Waals surface area contributed by atoms with Crippen LogP contribution in [-0.4, -0.2) is 4.98 Å². The van der Waals surface area contributed by atoms with E-state index in [2.05, 4.69) is 4.98 Å². The van der Waals surface area contributed by atoms with E-state index in [4.69, 9.17) is 5.73 Å². The van der Waals surface area contributed by atoms with Gasteiger partial charge in [0.15, 0.2) is 5.82 Å². The van der Waals surface area contributed by atoms with E-state index in [0.717, 1.165) is 24.3 Å². The third kappa shape index (κ3) is 2.49. The second-order valence-corrected chi connectivity index (χ2v) is 3.75. The lowest BCUT2D eigenvalue weighted by Gasteiger charge is -2.08. The molecule has 2 rings (SSSR count). The van der Waals surface area contributed by atoms with Crippen molar-refractivity contribution in [1.82, 2.24) is 4.98 Å². The predicted octanol–water partition coefficient (Wildman–Crippen LogP) is 3.63. The molecule has 0 bridgehead atoms. The number of hydrogen-bond donors (Lipinski definition) is 1. The second kappa shape index (κ2) is 4.49. The maximum Gasteiger partial charge on any atom is 0.417 e. The summed E-state index contributed by atoms with van der Waals surface area (Å²) in [6, 6.07) is 3.75. The van der Waals surface area contributed by atoms with Crippen LogP contribution >= 0.6 is 0 Å². The van der Waals surface area contributed by atoms with Gasteiger partial charge >= 0.3 is 6.18 Å². The Hall–Kier alpha value is -2.18. The minimum absolute atomic E-state index is 0.0581. The molecule has 2 N–H and O–H groups in total. The monoisotopic (exact) mass is 274 g/mol. The number of alkyl halides is 3. The second-order valence-electron chi connectivity index (χ2n) is 3.75. The number of nitrogens with zero attached hydrogens (tertiary/aromatic N) is 1. The summed E-state index contributed by atoms with van der Waals surface area (Å²) in [6.07, 6.45) is -3.94. The van der Waals surface area contributed by atoms with Gasteiger partial charge in [-0.05, 0) is 24.3 Å². The molecule has 0 unspecified atom stereocenters. The van der Waals surface area contributed by atoms with Crippen molar-refractivity contribution in [2.75, 3.05) is 5.73 Å². The molecule has 0 atom stereocenters. The zero-order chi connectivity index (χ0) is 14.2. The minimum atomic E-state index is -4.52. The Kier molecular flexibility index (Phi) is 3.13. The summed E-state index contributed by atoms with van der Waals surface area (Å²) in [5, 5.41) is 0. The molecule has 1 heterocycles. The van der Waals surface area contributed by atoms with Crippen LogP contribution in [0.2, 0.25) is 0 Å². The molecule has 0 saturated carbocycles. The van der Waals surface area contributed by atoms with Gasteiger partial charge in [0, 0.05) is 11.8 Å². The van der Waals surface area contributed by atoms with E-state index in [1.54, 1.807) is 0 Å². The molecule has 2 nitrogen and oxygen atoms in total. The van der Waals surface area contributed by atoms with Crippen molar-refractivity contribution in [3.63, 3.8) is 0 Å². The van der Waals surface area contributed by atoms with Crippen molar-refractivity contribution in [2.45, 2.75) is 6.18 Å². The maximum atomic E-state index is 13.7. The first kappa shape index (κ1) is 13.3. The Bertz CT molecular complexity index is 605. The predicted molar refractivity (Wildman–Crippen MR) is 59.0 cm³/mol. The molecular formula is C12H7F5N2. The van der Waals surface area contributed by atoms with Crippen LogP contribution in [0.25, 0.3) is 11.3 Å². The summed E-state index contributed by atoms with van der Waals surface area (Å²) in [5.41, 5.74) is 3.30. The van der Waals surface area contributed by atoms with Gasteiger partial charge in [-0.1, -0.05) is 0 Å². The van der Waals surface area contributed by atoms with E-state index in [1.165, 1.54) is 0 Å². The van der Waals surface area contributed by atoms with E-state index in [1.807, 2.05) is 0 Å². The average Bonchev–Trinajstić information content (AvgIpc) is 2.35. The maximum absolute atomic E-state index is 13.7. The van der Waals surface area contributed by atoms with Gasteiger partial charge in [-0.25, -0.2) is 8.78 Å². The minimum Gasteiger partial charge on any atom is -0.394 e. The fourth-order valence-electron chi connectivity index (χ4n) is 1.49. The first-order valence-corrected chi connectivity index (χ1v) is 5.08. The van der Waals surface area contributed by atoms with Gasteiger partial charge in [0.25, 0.3) is 0 Å². The van der Waals surface area contributed by atoms with Gasteiger partial charge in [0.2, 0.25) is 0 Å². The highest BCUT2D eigenvalue weighted by molar-refractivity contribution is 5.65. The largest absolute Gasteiger partial charge is 0.417 e. The number of rotatable bonds is 1. The highest BCUT2D eigenvalue weighted by atomic mass is 19.4. The number of aromatic nitrogens is 1. The smallest absolute Gasteiger partial charge is 0.394 e. The standard InChI is InChI=1S/C12H7F5N2/c13-8-3-2-7(10(14)11(8)18)9-4-1-6(5-19-9)12(15,16)17/h1-5H,18H2. The van der Waals surface area contributed by atoms with Crippen LogP contribution < -0.4 is 5.73 Å². The SMILES string of the molecule is Nc1c(F)ccc(-c2ccc(C(F)(F)F)cn2)c1F. The number of hydrogen-bond acceptors (Lipinski definition) is 2. The Morgan fingerprint density at radius 3 is 2.21 bits per heavy atom. The molecule has 0 aliphatic rings. The van der Waals surface area contributed by atoms with Gasteiger partial charge in [0.1, 0.15) is 11.5 Å². The van der Waals surface area contributed by atoms with Crippen LogP contribution in [0.5, 0.6) is 0 Å². The topological polar surface area (TPSA) is 38.9 Å². The summed E-state index contributed by atoms with van der Waals surface area (Å²) in [4.78, 5) is 3.51. The molecule has 7 heteroatoms. The van der Waals surface area contributed by atoms with Gasteiger partial charge in [-0.2, -0.15) is 13.2 Å². The summed E-state index contributed by atoms with van der Waals surface area (Å²) in [7, 11) is 0. The van der Waals surface area contributed by atoms with E-state index in [-0.39, 0.29) is 11.3 Å². The number of benzene rings is 1. The molecule has 0 amide bonds. The fourth-order valence-corrected chi connectivity index (χ4v) is 1.49. The fraction of sp³-hybridized carbons (Fsp3) is 0.0833. The molecule has 0 fully saturated rings. The highest BCUT2D eigenvalue weighted by Gasteiger charge is 2.30. The molecule has 19 heavy (non-hydrogen) atoms. The molecule has 0 spiro atoms. The molecule has 0 aliphatic heterocycles. The van der Waals surface area contributed by atoms with Crippen molar-refractivity contribution in [1.29, 1.82) is 0 Å². The molecule has 0 saturated heterocycles. The van der Waals surface area contributed by atoms with Gasteiger partial charge in [-0.3, -0.25) is 4.98 Å². The van der Waals surface area contributed by atoms with Crippen LogP contribution in [0.3, 0.4) is 0 Å². The van der Waals surface area contributed by atoms with Crippen LogP contribution in [-0.2, 0) is 6.18 Å². The van der Waals surface area contributed by atoms with Crippen molar-refractivity contribution < 1.29 is 22.0 Å². The first-order valence-electron chi connectivity index (χ1n) is 5.08. The van der Waals surface area contributed by atoms with Crippen LogP contribution in [0.4, 0.5) is 27.6 Å². The van der Waals surface area contributed by atoms with Crippen molar-refractivity contribution >= 4 is 5.69 Å². The molecule has 1 aromatic carbocycles. The molecule has 0 aliphatic carbocycles. The van der Waals surface area contributed by atoms with E-state index >= 15 is 0 Å². The molecule has 100 valence electrons. The lowest BCUT2D eigenvalue weighted by molar-refractivity contribution is -0.137. The quantitative estimate of drug-likeness (QED) is 0.637. The first-order chi connectivity index (χ1) is 8.80. The van der Waals surface area contributed by atoms with Crippen molar-refractivity contribution in [2.24, 2.45) is 0 Å². The van der Waals surface area contributed by atoms with Crippen molar-refractivity contribution in [3.8, 4) is 11.3 Å². The summed E-state index contributed by atoms with van der Waals surface area (Å²) in [5.74, 6) is -1.99. The van der Waals surface area contributed by atoms with Gasteiger partial charge < -0.3 is 5.73 Å². The molecule has 2 aromatic rings. The van der Waals surface area contributed by atoms with E-state index < -0.39 is 29.1 Å². The van der Waals surface area contributed by atoms with Crippen LogP contribution in [0, 0.1) is 11.6 Å². The third-order valence-corrected chi connectivity index (χ3v) is 2.49. The van der Waals surface area contributed by atoms with E-state index in [0.29, 0.717) is 6.20 Å². The number of nitrogens with two attached hydrogens (primary N) is 1. The average molecular weight is 274 g/mol. The van der Waals surface area contributed by atoms with Crippen LogP contribution in [0.1, 0.15) is 5.56 Å². The normalized spacial score (nSPS) is 11.6. The third-order valence-electron chi connectivity index (χ3n) is 2.49. The van der Waals surface area contributed by atoms with Gasteiger partial charge in [-0.15, -0.1) is 0 Å². The van der Waals surface area contributed by atoms with E-state index in [9.17, 15) is 22.0 Å². The molecular weight excluding hydrogens is 267 g/mol. The Balaban J connectivity index is 2.46. The molecule has 1 aromatic heterocycles. The lowest BCUT2D eigenvalue weighted by Crippen LogP contribution is -2.05.